The molecular formula is C19H30N2O2S. The Morgan fingerprint density at radius 1 is 1.17 bits per heavy atom. The summed E-state index contributed by atoms with van der Waals surface area (Å²) >= 11 is 1.58. The van der Waals surface area contributed by atoms with Gasteiger partial charge in [0.2, 0.25) is 11.8 Å². The zero-order chi connectivity index (χ0) is 17.8. The molecule has 0 saturated carbocycles. The number of amides is 2. The van der Waals surface area contributed by atoms with E-state index in [4.69, 9.17) is 0 Å². The first-order valence-corrected chi connectivity index (χ1v) is 9.78. The first-order valence-electron chi connectivity index (χ1n) is 8.79. The van der Waals surface area contributed by atoms with Gasteiger partial charge in [-0.15, -0.1) is 11.8 Å². The van der Waals surface area contributed by atoms with E-state index < -0.39 is 6.04 Å². The van der Waals surface area contributed by atoms with Crippen LogP contribution in [0.2, 0.25) is 0 Å². The maximum atomic E-state index is 12.5. The fourth-order valence-corrected chi connectivity index (χ4v) is 3.38. The van der Waals surface area contributed by atoms with E-state index in [-0.39, 0.29) is 11.8 Å². The summed E-state index contributed by atoms with van der Waals surface area (Å²) in [5.41, 5.74) is 0. The summed E-state index contributed by atoms with van der Waals surface area (Å²) in [5, 5.41) is 5.78. The van der Waals surface area contributed by atoms with Crippen LogP contribution in [0, 0.1) is 5.92 Å². The Morgan fingerprint density at radius 2 is 1.88 bits per heavy atom. The minimum atomic E-state index is -0.503. The summed E-state index contributed by atoms with van der Waals surface area (Å²) in [6, 6.07) is 9.40. The minimum Gasteiger partial charge on any atom is -0.354 e. The first kappa shape index (κ1) is 20.6. The number of thioether (sulfide) groups is 1. The third kappa shape index (κ3) is 8.39. The van der Waals surface area contributed by atoms with E-state index in [1.807, 2.05) is 30.3 Å². The third-order valence-corrected chi connectivity index (χ3v) is 5.07. The molecule has 2 unspecified atom stereocenters. The molecule has 2 amide bonds. The van der Waals surface area contributed by atoms with Crippen LogP contribution < -0.4 is 10.6 Å². The van der Waals surface area contributed by atoms with E-state index in [0.29, 0.717) is 18.2 Å². The largest absolute Gasteiger partial charge is 0.354 e. The summed E-state index contributed by atoms with van der Waals surface area (Å²) < 4.78 is 0. The molecule has 1 aromatic carbocycles. The summed E-state index contributed by atoms with van der Waals surface area (Å²) in [6.45, 7) is 6.47. The standard InChI is InChI=1S/C19H30N2O2S/c1-4-6-10-16(5-2)13-20-19(23)18(21-15(3)22)14-24-17-11-8-7-9-12-17/h7-9,11-12,16,18H,4-6,10,13-14H2,1-3H3,(H,20,23)(H,21,22). The van der Waals surface area contributed by atoms with E-state index >= 15 is 0 Å². The zero-order valence-corrected chi connectivity index (χ0v) is 15.8. The highest BCUT2D eigenvalue weighted by molar-refractivity contribution is 7.99. The van der Waals surface area contributed by atoms with Gasteiger partial charge in [-0.2, -0.15) is 0 Å². The Kier molecular flexibility index (Phi) is 10.2. The predicted molar refractivity (Wildman–Crippen MR) is 101 cm³/mol. The van der Waals surface area contributed by atoms with Crippen LogP contribution in [0.5, 0.6) is 0 Å². The molecule has 1 aromatic rings. The fourth-order valence-electron chi connectivity index (χ4n) is 2.44. The SMILES string of the molecule is CCCCC(CC)CNC(=O)C(CSc1ccccc1)NC(C)=O. The summed E-state index contributed by atoms with van der Waals surface area (Å²) in [5.74, 6) is 0.764. The molecule has 134 valence electrons. The molecule has 0 radical (unpaired) electrons. The Hall–Kier alpha value is -1.49. The molecule has 5 heteroatoms. The molecular weight excluding hydrogens is 320 g/mol. The molecule has 0 fully saturated rings. The molecule has 0 heterocycles. The lowest BCUT2D eigenvalue weighted by atomic mass is 9.99. The van der Waals surface area contributed by atoms with Crippen LogP contribution in [-0.2, 0) is 9.59 Å². The molecule has 24 heavy (non-hydrogen) atoms. The topological polar surface area (TPSA) is 58.2 Å². The van der Waals surface area contributed by atoms with Gasteiger partial charge in [0.05, 0.1) is 0 Å². The Labute approximate surface area is 150 Å². The highest BCUT2D eigenvalue weighted by Crippen LogP contribution is 2.18. The lowest BCUT2D eigenvalue weighted by Crippen LogP contribution is -2.48. The average Bonchev–Trinajstić information content (AvgIpc) is 2.59. The molecule has 0 aliphatic heterocycles. The summed E-state index contributed by atoms with van der Waals surface area (Å²) in [6.07, 6.45) is 4.56. The second-order valence-corrected chi connectivity index (χ2v) is 7.13. The molecule has 0 aliphatic rings. The van der Waals surface area contributed by atoms with Gasteiger partial charge in [-0.05, 0) is 24.5 Å². The number of carbonyl (C=O) groups is 2. The van der Waals surface area contributed by atoms with Gasteiger partial charge in [0, 0.05) is 24.1 Å². The van der Waals surface area contributed by atoms with Crippen LogP contribution in [0.25, 0.3) is 0 Å². The number of benzene rings is 1. The Bertz CT molecular complexity index is 493. The van der Waals surface area contributed by atoms with Gasteiger partial charge < -0.3 is 10.6 Å². The van der Waals surface area contributed by atoms with Crippen molar-refractivity contribution in [3.05, 3.63) is 30.3 Å². The van der Waals surface area contributed by atoms with Crippen molar-refractivity contribution >= 4 is 23.6 Å². The Morgan fingerprint density at radius 3 is 2.46 bits per heavy atom. The summed E-state index contributed by atoms with van der Waals surface area (Å²) in [7, 11) is 0. The van der Waals surface area contributed by atoms with Gasteiger partial charge in [-0.3, -0.25) is 9.59 Å². The second-order valence-electron chi connectivity index (χ2n) is 6.04. The van der Waals surface area contributed by atoms with Crippen molar-refractivity contribution in [1.29, 1.82) is 0 Å². The highest BCUT2D eigenvalue weighted by Gasteiger charge is 2.20. The number of rotatable bonds is 11. The third-order valence-electron chi connectivity index (χ3n) is 3.96. The lowest BCUT2D eigenvalue weighted by Gasteiger charge is -2.20. The van der Waals surface area contributed by atoms with Crippen molar-refractivity contribution in [2.24, 2.45) is 5.92 Å². The monoisotopic (exact) mass is 350 g/mol. The van der Waals surface area contributed by atoms with E-state index in [0.717, 1.165) is 17.7 Å². The van der Waals surface area contributed by atoms with Gasteiger partial charge in [0.25, 0.3) is 0 Å². The predicted octanol–water partition coefficient (Wildman–Crippen LogP) is 3.62. The van der Waals surface area contributed by atoms with Crippen molar-refractivity contribution in [1.82, 2.24) is 10.6 Å². The summed E-state index contributed by atoms with van der Waals surface area (Å²) in [4.78, 5) is 25.0. The van der Waals surface area contributed by atoms with Crippen LogP contribution in [0.1, 0.15) is 46.5 Å². The molecule has 4 nitrogen and oxygen atoms in total. The van der Waals surface area contributed by atoms with Crippen molar-refractivity contribution in [2.45, 2.75) is 57.4 Å². The van der Waals surface area contributed by atoms with Crippen LogP contribution in [0.4, 0.5) is 0 Å². The van der Waals surface area contributed by atoms with E-state index in [1.165, 1.54) is 19.8 Å². The maximum Gasteiger partial charge on any atom is 0.243 e. The lowest BCUT2D eigenvalue weighted by molar-refractivity contribution is -0.127. The van der Waals surface area contributed by atoms with Crippen LogP contribution in [-0.4, -0.2) is 30.2 Å². The van der Waals surface area contributed by atoms with Crippen LogP contribution in [0.15, 0.2) is 35.2 Å². The number of nitrogens with one attached hydrogen (secondary N) is 2. The van der Waals surface area contributed by atoms with E-state index in [9.17, 15) is 9.59 Å². The van der Waals surface area contributed by atoms with Gasteiger partial charge >= 0.3 is 0 Å². The zero-order valence-electron chi connectivity index (χ0n) is 15.0. The second kappa shape index (κ2) is 12.0. The number of hydrogen-bond acceptors (Lipinski definition) is 3. The van der Waals surface area contributed by atoms with Gasteiger partial charge in [-0.25, -0.2) is 0 Å². The van der Waals surface area contributed by atoms with Crippen molar-refractivity contribution in [2.75, 3.05) is 12.3 Å². The van der Waals surface area contributed by atoms with Gasteiger partial charge in [-0.1, -0.05) is 51.3 Å². The maximum absolute atomic E-state index is 12.5. The van der Waals surface area contributed by atoms with Gasteiger partial charge in [0.15, 0.2) is 0 Å². The molecule has 1 rings (SSSR count). The normalized spacial score (nSPS) is 13.1. The van der Waals surface area contributed by atoms with Crippen LogP contribution in [0.3, 0.4) is 0 Å². The van der Waals surface area contributed by atoms with E-state index in [2.05, 4.69) is 24.5 Å². The first-order chi connectivity index (χ1) is 11.6. The molecule has 0 spiro atoms. The van der Waals surface area contributed by atoms with Crippen molar-refractivity contribution in [3.63, 3.8) is 0 Å². The van der Waals surface area contributed by atoms with E-state index in [1.54, 1.807) is 11.8 Å². The van der Waals surface area contributed by atoms with Crippen LogP contribution >= 0.6 is 11.8 Å². The van der Waals surface area contributed by atoms with Crippen molar-refractivity contribution < 1.29 is 9.59 Å². The quantitative estimate of drug-likeness (QED) is 0.599. The highest BCUT2D eigenvalue weighted by atomic mass is 32.2. The molecule has 2 atom stereocenters. The molecule has 0 aliphatic carbocycles. The smallest absolute Gasteiger partial charge is 0.243 e. The molecule has 0 saturated heterocycles. The van der Waals surface area contributed by atoms with Gasteiger partial charge in [0.1, 0.15) is 6.04 Å². The number of hydrogen-bond donors (Lipinski definition) is 2. The number of unbranched alkanes of at least 4 members (excludes halogenated alkanes) is 1. The minimum absolute atomic E-state index is 0.0939. The molecule has 0 bridgehead atoms. The average molecular weight is 351 g/mol. The Balaban J connectivity index is 2.52. The van der Waals surface area contributed by atoms with Crippen molar-refractivity contribution in [3.8, 4) is 0 Å². The molecule has 0 aromatic heterocycles. The molecule has 2 N–H and O–H groups in total. The number of carbonyl (C=O) groups excluding carboxylic acids is 2. The fraction of sp³-hybridized carbons (Fsp3) is 0.579.